The first-order valence-corrected chi connectivity index (χ1v) is 10.6. The lowest BCUT2D eigenvalue weighted by atomic mass is 10.1. The van der Waals surface area contributed by atoms with E-state index in [1.807, 2.05) is 47.6 Å². The van der Waals surface area contributed by atoms with Crippen LogP contribution in [0.5, 0.6) is 0 Å². The first-order chi connectivity index (χ1) is 14.3. The number of hydrogen-bond donors (Lipinski definition) is 2. The minimum Gasteiger partial charge on any atom is -0.379 e. The molecule has 150 valence electrons. The molecule has 1 aromatic carbocycles. The number of aromatic nitrogens is 2. The van der Waals surface area contributed by atoms with Crippen molar-refractivity contribution in [3.63, 3.8) is 0 Å². The largest absolute Gasteiger partial charge is 0.379 e. The van der Waals surface area contributed by atoms with Crippen LogP contribution in [0.15, 0.2) is 48.8 Å². The Morgan fingerprint density at radius 1 is 1.03 bits per heavy atom. The number of aromatic amines is 1. The van der Waals surface area contributed by atoms with Crippen LogP contribution in [0.25, 0.3) is 10.9 Å². The predicted molar refractivity (Wildman–Crippen MR) is 117 cm³/mol. The van der Waals surface area contributed by atoms with E-state index in [-0.39, 0.29) is 5.91 Å². The Morgan fingerprint density at radius 2 is 1.83 bits per heavy atom. The van der Waals surface area contributed by atoms with Crippen molar-refractivity contribution in [2.24, 2.45) is 0 Å². The van der Waals surface area contributed by atoms with Gasteiger partial charge >= 0.3 is 0 Å². The van der Waals surface area contributed by atoms with Gasteiger partial charge < -0.3 is 20.1 Å². The van der Waals surface area contributed by atoms with Gasteiger partial charge in [-0.3, -0.25) is 4.79 Å². The van der Waals surface area contributed by atoms with Gasteiger partial charge in [-0.2, -0.15) is 0 Å². The summed E-state index contributed by atoms with van der Waals surface area (Å²) in [6.45, 7) is 3.00. The standard InChI is InChI=1S/C23H27N5O/c29-23(19-16-25-20-9-4-3-8-18(19)20)28-14-12-27(13-15-28)22-21(10-5-11-24-22)26-17-6-1-2-7-17/h3-5,8-11,16-17,25-26H,1-2,6-7,12-15H2. The first kappa shape index (κ1) is 18.0. The molecule has 1 aliphatic carbocycles. The maximum absolute atomic E-state index is 13.1. The molecular formula is C23H27N5O. The molecule has 0 radical (unpaired) electrons. The minimum absolute atomic E-state index is 0.104. The van der Waals surface area contributed by atoms with Crippen molar-refractivity contribution in [3.05, 3.63) is 54.4 Å². The Morgan fingerprint density at radius 3 is 2.66 bits per heavy atom. The number of para-hydroxylation sites is 1. The lowest BCUT2D eigenvalue weighted by Gasteiger charge is -2.36. The minimum atomic E-state index is 0.104. The number of benzene rings is 1. The fraction of sp³-hybridized carbons (Fsp3) is 0.391. The van der Waals surface area contributed by atoms with E-state index in [1.165, 1.54) is 25.7 Å². The van der Waals surface area contributed by atoms with Crippen molar-refractivity contribution in [1.29, 1.82) is 0 Å². The molecule has 1 amide bonds. The molecule has 0 unspecified atom stereocenters. The molecule has 2 aromatic heterocycles. The SMILES string of the molecule is O=C(c1c[nH]c2ccccc12)N1CCN(c2ncccc2NC2CCCC2)CC1. The van der Waals surface area contributed by atoms with E-state index in [1.54, 1.807) is 0 Å². The molecule has 2 aliphatic rings. The second-order valence-corrected chi connectivity index (χ2v) is 8.03. The average Bonchev–Trinajstić information content (AvgIpc) is 3.44. The zero-order valence-electron chi connectivity index (χ0n) is 16.6. The third kappa shape index (κ3) is 3.55. The summed E-state index contributed by atoms with van der Waals surface area (Å²) < 4.78 is 0. The Labute approximate surface area is 170 Å². The summed E-state index contributed by atoms with van der Waals surface area (Å²) >= 11 is 0. The third-order valence-electron chi connectivity index (χ3n) is 6.19. The monoisotopic (exact) mass is 389 g/mol. The van der Waals surface area contributed by atoms with Crippen molar-refractivity contribution in [1.82, 2.24) is 14.9 Å². The van der Waals surface area contributed by atoms with Crippen molar-refractivity contribution in [2.45, 2.75) is 31.7 Å². The molecule has 2 fully saturated rings. The average molecular weight is 390 g/mol. The first-order valence-electron chi connectivity index (χ1n) is 10.6. The molecule has 1 saturated carbocycles. The molecule has 1 saturated heterocycles. The van der Waals surface area contributed by atoms with Gasteiger partial charge in [-0.25, -0.2) is 4.98 Å². The molecule has 6 heteroatoms. The zero-order chi connectivity index (χ0) is 19.6. The second-order valence-electron chi connectivity index (χ2n) is 8.03. The highest BCUT2D eigenvalue weighted by atomic mass is 16.2. The highest BCUT2D eigenvalue weighted by Crippen LogP contribution is 2.29. The van der Waals surface area contributed by atoms with E-state index in [9.17, 15) is 4.79 Å². The van der Waals surface area contributed by atoms with Crippen LogP contribution in [0, 0.1) is 0 Å². The van der Waals surface area contributed by atoms with E-state index >= 15 is 0 Å². The second kappa shape index (κ2) is 7.78. The van der Waals surface area contributed by atoms with Crippen LogP contribution < -0.4 is 10.2 Å². The molecule has 3 heterocycles. The zero-order valence-corrected chi connectivity index (χ0v) is 16.6. The molecule has 0 spiro atoms. The summed E-state index contributed by atoms with van der Waals surface area (Å²) in [5.41, 5.74) is 2.89. The molecule has 0 atom stereocenters. The highest BCUT2D eigenvalue weighted by Gasteiger charge is 2.26. The van der Waals surface area contributed by atoms with Gasteiger partial charge in [0.05, 0.1) is 11.3 Å². The molecule has 29 heavy (non-hydrogen) atoms. The van der Waals surface area contributed by atoms with Gasteiger partial charge in [0, 0.05) is 55.5 Å². The molecule has 5 rings (SSSR count). The number of carbonyl (C=O) groups is 1. The van der Waals surface area contributed by atoms with E-state index < -0.39 is 0 Å². The summed E-state index contributed by atoms with van der Waals surface area (Å²) in [4.78, 5) is 25.2. The normalized spacial score (nSPS) is 17.8. The lowest BCUT2D eigenvalue weighted by molar-refractivity contribution is 0.0748. The number of rotatable bonds is 4. The van der Waals surface area contributed by atoms with Gasteiger partial charge in [0.1, 0.15) is 0 Å². The van der Waals surface area contributed by atoms with Crippen LogP contribution >= 0.6 is 0 Å². The number of fused-ring (bicyclic) bond motifs is 1. The van der Waals surface area contributed by atoms with E-state index in [2.05, 4.69) is 26.3 Å². The fourth-order valence-electron chi connectivity index (χ4n) is 4.59. The van der Waals surface area contributed by atoms with Crippen LogP contribution in [0.1, 0.15) is 36.0 Å². The number of pyridine rings is 1. The van der Waals surface area contributed by atoms with Crippen molar-refractivity contribution < 1.29 is 4.79 Å². The van der Waals surface area contributed by atoms with Crippen LogP contribution in [-0.2, 0) is 0 Å². The molecule has 3 aromatic rings. The Kier molecular flexibility index (Phi) is 4.84. The van der Waals surface area contributed by atoms with Crippen LogP contribution in [0.3, 0.4) is 0 Å². The quantitative estimate of drug-likeness (QED) is 0.711. The molecule has 0 bridgehead atoms. The van der Waals surface area contributed by atoms with E-state index in [0.29, 0.717) is 19.1 Å². The van der Waals surface area contributed by atoms with Crippen molar-refractivity contribution in [3.8, 4) is 0 Å². The van der Waals surface area contributed by atoms with Gasteiger partial charge in [0.15, 0.2) is 5.82 Å². The van der Waals surface area contributed by atoms with Gasteiger partial charge in [-0.05, 0) is 31.0 Å². The number of anilines is 2. The third-order valence-corrected chi connectivity index (χ3v) is 6.19. The van der Waals surface area contributed by atoms with Crippen LogP contribution in [-0.4, -0.2) is 53.0 Å². The summed E-state index contributed by atoms with van der Waals surface area (Å²) in [5.74, 6) is 1.12. The van der Waals surface area contributed by atoms with Gasteiger partial charge in [0.2, 0.25) is 0 Å². The van der Waals surface area contributed by atoms with Gasteiger partial charge in [-0.1, -0.05) is 31.0 Å². The summed E-state index contributed by atoms with van der Waals surface area (Å²) in [6, 6.07) is 12.7. The number of amides is 1. The molecule has 1 aliphatic heterocycles. The molecule has 6 nitrogen and oxygen atoms in total. The molecular weight excluding hydrogens is 362 g/mol. The highest BCUT2D eigenvalue weighted by molar-refractivity contribution is 6.06. The smallest absolute Gasteiger partial charge is 0.256 e. The van der Waals surface area contributed by atoms with E-state index in [4.69, 9.17) is 0 Å². The molecule has 2 N–H and O–H groups in total. The maximum Gasteiger partial charge on any atom is 0.256 e. The van der Waals surface area contributed by atoms with Crippen LogP contribution in [0.4, 0.5) is 11.5 Å². The van der Waals surface area contributed by atoms with Crippen molar-refractivity contribution in [2.75, 3.05) is 36.4 Å². The number of hydrogen-bond acceptors (Lipinski definition) is 4. The van der Waals surface area contributed by atoms with Gasteiger partial charge in [-0.15, -0.1) is 0 Å². The van der Waals surface area contributed by atoms with Crippen LogP contribution in [0.2, 0.25) is 0 Å². The van der Waals surface area contributed by atoms with E-state index in [0.717, 1.165) is 41.1 Å². The Hall–Kier alpha value is -3.02. The maximum atomic E-state index is 13.1. The number of piperazine rings is 1. The number of carbonyl (C=O) groups excluding carboxylic acids is 1. The predicted octanol–water partition coefficient (Wildman–Crippen LogP) is 3.88. The topological polar surface area (TPSA) is 64.3 Å². The fourth-order valence-corrected chi connectivity index (χ4v) is 4.59. The Balaban J connectivity index is 1.28. The lowest BCUT2D eigenvalue weighted by Crippen LogP contribution is -2.49. The number of H-pyrrole nitrogens is 1. The Bertz CT molecular complexity index is 999. The summed E-state index contributed by atoms with van der Waals surface area (Å²) in [7, 11) is 0. The summed E-state index contributed by atoms with van der Waals surface area (Å²) in [6.07, 6.45) is 8.78. The number of nitrogens with zero attached hydrogens (tertiary/aromatic N) is 3. The van der Waals surface area contributed by atoms with Gasteiger partial charge in [0.25, 0.3) is 5.91 Å². The summed E-state index contributed by atoms with van der Waals surface area (Å²) in [5, 5.41) is 4.69. The number of nitrogens with one attached hydrogen (secondary N) is 2. The van der Waals surface area contributed by atoms with Crippen molar-refractivity contribution >= 4 is 28.3 Å².